The lowest BCUT2D eigenvalue weighted by Crippen LogP contribution is -2.38. The van der Waals surface area contributed by atoms with Crippen LogP contribution in [0.1, 0.15) is 30.4 Å². The molecule has 4 heteroatoms. The molecule has 2 N–H and O–H groups in total. The first-order chi connectivity index (χ1) is 9.85. The van der Waals surface area contributed by atoms with Gasteiger partial charge in [-0.3, -0.25) is 4.99 Å². The van der Waals surface area contributed by atoms with Crippen molar-refractivity contribution in [1.82, 2.24) is 10.6 Å². The molecule has 110 valence electrons. The van der Waals surface area contributed by atoms with Gasteiger partial charge >= 0.3 is 0 Å². The second-order valence-electron chi connectivity index (χ2n) is 5.09. The Kier molecular flexibility index (Phi) is 5.87. The van der Waals surface area contributed by atoms with Crippen LogP contribution in [0.3, 0.4) is 0 Å². The molecule has 1 aromatic rings. The normalized spacial score (nSPS) is 17.3. The molecule has 4 nitrogen and oxygen atoms in total. The van der Waals surface area contributed by atoms with E-state index in [1.807, 2.05) is 0 Å². The van der Waals surface area contributed by atoms with Crippen molar-refractivity contribution < 1.29 is 4.74 Å². The summed E-state index contributed by atoms with van der Waals surface area (Å²) in [6.07, 6.45) is 2.15. The molecule has 1 aliphatic rings. The van der Waals surface area contributed by atoms with E-state index in [1.54, 1.807) is 7.11 Å². The van der Waals surface area contributed by atoms with Crippen LogP contribution in [0.15, 0.2) is 29.3 Å². The summed E-state index contributed by atoms with van der Waals surface area (Å²) in [4.78, 5) is 4.69. The molecule has 0 heterocycles. The number of fused-ring (bicyclic) bond motifs is 1. The Morgan fingerprint density at radius 1 is 1.35 bits per heavy atom. The summed E-state index contributed by atoms with van der Waals surface area (Å²) in [7, 11) is 1.73. The molecular weight excluding hydrogens is 250 g/mol. The molecule has 2 rings (SSSR count). The van der Waals surface area contributed by atoms with Crippen LogP contribution in [0.25, 0.3) is 0 Å². The molecular formula is C16H25N3O. The zero-order valence-corrected chi connectivity index (χ0v) is 12.5. The first-order valence-corrected chi connectivity index (χ1v) is 7.44. The maximum Gasteiger partial charge on any atom is 0.191 e. The topological polar surface area (TPSA) is 45.7 Å². The molecule has 0 saturated carbocycles. The summed E-state index contributed by atoms with van der Waals surface area (Å²) in [6, 6.07) is 8.66. The number of aliphatic imine (C=N–C) groups is 1. The highest BCUT2D eigenvalue weighted by Gasteiger charge is 2.24. The number of nitrogens with one attached hydrogen (secondary N) is 2. The van der Waals surface area contributed by atoms with Crippen LogP contribution in [0, 0.1) is 0 Å². The number of rotatable bonds is 7. The molecule has 0 saturated heterocycles. The molecule has 0 bridgehead atoms. The summed E-state index contributed by atoms with van der Waals surface area (Å²) >= 11 is 0. The summed E-state index contributed by atoms with van der Waals surface area (Å²) in [5.41, 5.74) is 2.94. The third kappa shape index (κ3) is 3.97. The van der Waals surface area contributed by atoms with E-state index in [4.69, 9.17) is 4.74 Å². The predicted octanol–water partition coefficient (Wildman–Crippen LogP) is 1.92. The van der Waals surface area contributed by atoms with Crippen molar-refractivity contribution >= 4 is 5.96 Å². The van der Waals surface area contributed by atoms with E-state index < -0.39 is 0 Å². The van der Waals surface area contributed by atoms with E-state index in [2.05, 4.69) is 46.8 Å². The van der Waals surface area contributed by atoms with Crippen molar-refractivity contribution in [2.24, 2.45) is 4.99 Å². The lowest BCUT2D eigenvalue weighted by atomic mass is 9.78. The van der Waals surface area contributed by atoms with E-state index in [0.29, 0.717) is 5.92 Å². The zero-order chi connectivity index (χ0) is 14.2. The highest BCUT2D eigenvalue weighted by Crippen LogP contribution is 2.34. The standard InChI is InChI=1S/C16H25N3O/c1-3-17-16(18-9-6-10-20-2)19-12-14-11-13-7-4-5-8-15(13)14/h4-5,7-8,14H,3,6,9-12H2,1-2H3,(H2,17,18,19). The van der Waals surface area contributed by atoms with Crippen LogP contribution in [-0.2, 0) is 11.2 Å². The van der Waals surface area contributed by atoms with Gasteiger partial charge in [-0.25, -0.2) is 0 Å². The van der Waals surface area contributed by atoms with Gasteiger partial charge in [0.25, 0.3) is 0 Å². The van der Waals surface area contributed by atoms with Crippen LogP contribution in [0.2, 0.25) is 0 Å². The first-order valence-electron chi connectivity index (χ1n) is 7.44. The van der Waals surface area contributed by atoms with Crippen LogP contribution in [-0.4, -0.2) is 39.3 Å². The molecule has 0 amide bonds. The second kappa shape index (κ2) is 7.90. The van der Waals surface area contributed by atoms with Gasteiger partial charge in [-0.05, 0) is 30.9 Å². The molecule has 1 unspecified atom stereocenters. The maximum absolute atomic E-state index is 5.05. The minimum absolute atomic E-state index is 0.584. The quantitative estimate of drug-likeness (QED) is 0.454. The summed E-state index contributed by atoms with van der Waals surface area (Å²) < 4.78 is 5.05. The molecule has 1 aliphatic carbocycles. The summed E-state index contributed by atoms with van der Waals surface area (Å²) in [6.45, 7) is 5.50. The summed E-state index contributed by atoms with van der Waals surface area (Å²) in [5.74, 6) is 1.49. The third-order valence-electron chi connectivity index (χ3n) is 3.59. The van der Waals surface area contributed by atoms with Gasteiger partial charge in [-0.15, -0.1) is 0 Å². The Hall–Kier alpha value is -1.55. The van der Waals surface area contributed by atoms with Gasteiger partial charge in [0.2, 0.25) is 0 Å². The predicted molar refractivity (Wildman–Crippen MR) is 83.4 cm³/mol. The van der Waals surface area contributed by atoms with Crippen molar-refractivity contribution in [3.63, 3.8) is 0 Å². The Morgan fingerprint density at radius 3 is 2.95 bits per heavy atom. The van der Waals surface area contributed by atoms with E-state index in [1.165, 1.54) is 11.1 Å². The van der Waals surface area contributed by atoms with Gasteiger partial charge < -0.3 is 15.4 Å². The molecule has 20 heavy (non-hydrogen) atoms. The minimum Gasteiger partial charge on any atom is -0.385 e. The number of hydrogen-bond acceptors (Lipinski definition) is 2. The Balaban J connectivity index is 1.81. The van der Waals surface area contributed by atoms with Crippen LogP contribution >= 0.6 is 0 Å². The highest BCUT2D eigenvalue weighted by atomic mass is 16.5. The monoisotopic (exact) mass is 275 g/mol. The van der Waals surface area contributed by atoms with E-state index in [9.17, 15) is 0 Å². The maximum atomic E-state index is 5.05. The van der Waals surface area contributed by atoms with Crippen LogP contribution < -0.4 is 10.6 Å². The van der Waals surface area contributed by atoms with Gasteiger partial charge in [0.1, 0.15) is 0 Å². The molecule has 0 aromatic heterocycles. The van der Waals surface area contributed by atoms with Crippen molar-refractivity contribution in [3.05, 3.63) is 35.4 Å². The zero-order valence-electron chi connectivity index (χ0n) is 12.5. The fourth-order valence-electron chi connectivity index (χ4n) is 2.49. The average Bonchev–Trinajstić information content (AvgIpc) is 2.44. The van der Waals surface area contributed by atoms with Gasteiger partial charge in [0.15, 0.2) is 5.96 Å². The number of hydrogen-bond donors (Lipinski definition) is 2. The number of guanidine groups is 1. The SMILES string of the molecule is CCNC(=NCC1Cc2ccccc21)NCCCOC. The largest absolute Gasteiger partial charge is 0.385 e. The number of methoxy groups -OCH3 is 1. The Labute approximate surface area is 121 Å². The van der Waals surface area contributed by atoms with E-state index in [0.717, 1.165) is 45.0 Å². The van der Waals surface area contributed by atoms with Crippen molar-refractivity contribution in [1.29, 1.82) is 0 Å². The fraction of sp³-hybridized carbons (Fsp3) is 0.562. The van der Waals surface area contributed by atoms with Crippen LogP contribution in [0.5, 0.6) is 0 Å². The highest BCUT2D eigenvalue weighted by molar-refractivity contribution is 5.79. The van der Waals surface area contributed by atoms with Gasteiger partial charge in [0, 0.05) is 39.3 Å². The van der Waals surface area contributed by atoms with Gasteiger partial charge in [-0.2, -0.15) is 0 Å². The number of nitrogens with zero attached hydrogens (tertiary/aromatic N) is 1. The van der Waals surface area contributed by atoms with E-state index in [-0.39, 0.29) is 0 Å². The molecule has 0 radical (unpaired) electrons. The smallest absolute Gasteiger partial charge is 0.191 e. The number of ether oxygens (including phenoxy) is 1. The van der Waals surface area contributed by atoms with E-state index >= 15 is 0 Å². The van der Waals surface area contributed by atoms with Crippen molar-refractivity contribution in [3.8, 4) is 0 Å². The molecule has 0 fully saturated rings. The van der Waals surface area contributed by atoms with Crippen molar-refractivity contribution in [2.45, 2.75) is 25.7 Å². The lowest BCUT2D eigenvalue weighted by Gasteiger charge is -2.28. The fourth-order valence-corrected chi connectivity index (χ4v) is 2.49. The lowest BCUT2D eigenvalue weighted by molar-refractivity contribution is 0.195. The molecule has 1 atom stereocenters. The molecule has 0 aliphatic heterocycles. The first kappa shape index (κ1) is 14.9. The molecule has 0 spiro atoms. The molecule has 1 aromatic carbocycles. The average molecular weight is 275 g/mol. The number of benzene rings is 1. The van der Waals surface area contributed by atoms with Crippen molar-refractivity contribution in [2.75, 3.05) is 33.4 Å². The Morgan fingerprint density at radius 2 is 2.20 bits per heavy atom. The minimum atomic E-state index is 0.584. The third-order valence-corrected chi connectivity index (χ3v) is 3.59. The second-order valence-corrected chi connectivity index (χ2v) is 5.09. The van der Waals surface area contributed by atoms with Gasteiger partial charge in [0.05, 0.1) is 0 Å². The summed E-state index contributed by atoms with van der Waals surface area (Å²) in [5, 5.41) is 6.63. The van der Waals surface area contributed by atoms with Crippen LogP contribution in [0.4, 0.5) is 0 Å². The Bertz CT molecular complexity index is 445. The van der Waals surface area contributed by atoms with Gasteiger partial charge in [-0.1, -0.05) is 24.3 Å².